The van der Waals surface area contributed by atoms with Crippen molar-refractivity contribution in [1.82, 2.24) is 9.97 Å². The first kappa shape index (κ1) is 10.6. The normalized spacial score (nSPS) is 10.4. The molecule has 72 valence electrons. The van der Waals surface area contributed by atoms with Gasteiger partial charge < -0.3 is 10.5 Å². The standard InChI is InChI=1S/C8H12IN3O/c1-3-13-4-6-11-5(2)7(9)8(10)12-6/h3-4H2,1-2H3,(H2,10,11,12). The Hall–Kier alpha value is -0.430. The topological polar surface area (TPSA) is 61.0 Å². The molecule has 0 aliphatic rings. The maximum Gasteiger partial charge on any atom is 0.156 e. The van der Waals surface area contributed by atoms with Gasteiger partial charge in [0.1, 0.15) is 12.4 Å². The molecule has 1 aromatic heterocycles. The summed E-state index contributed by atoms with van der Waals surface area (Å²) in [5, 5.41) is 0. The maximum absolute atomic E-state index is 5.68. The van der Waals surface area contributed by atoms with E-state index in [1.807, 2.05) is 13.8 Å². The first-order chi connectivity index (χ1) is 6.15. The van der Waals surface area contributed by atoms with Crippen molar-refractivity contribution in [3.05, 3.63) is 15.1 Å². The van der Waals surface area contributed by atoms with E-state index in [1.165, 1.54) is 0 Å². The van der Waals surface area contributed by atoms with Gasteiger partial charge in [-0.1, -0.05) is 0 Å². The van der Waals surface area contributed by atoms with E-state index in [-0.39, 0.29) is 0 Å². The minimum atomic E-state index is 0.429. The molecule has 0 saturated carbocycles. The molecule has 0 radical (unpaired) electrons. The van der Waals surface area contributed by atoms with Crippen LogP contribution < -0.4 is 5.73 Å². The highest BCUT2D eigenvalue weighted by atomic mass is 127. The fourth-order valence-electron chi connectivity index (χ4n) is 0.899. The highest BCUT2D eigenvalue weighted by molar-refractivity contribution is 14.1. The Kier molecular flexibility index (Phi) is 3.86. The Morgan fingerprint density at radius 1 is 1.46 bits per heavy atom. The Bertz CT molecular complexity index is 280. The molecule has 2 N–H and O–H groups in total. The number of ether oxygens (including phenoxy) is 1. The molecule has 0 aromatic carbocycles. The van der Waals surface area contributed by atoms with Crippen molar-refractivity contribution in [3.8, 4) is 0 Å². The van der Waals surface area contributed by atoms with Gasteiger partial charge in [-0.15, -0.1) is 0 Å². The van der Waals surface area contributed by atoms with Crippen LogP contribution in [0.4, 0.5) is 5.82 Å². The van der Waals surface area contributed by atoms with E-state index in [0.29, 0.717) is 24.9 Å². The van der Waals surface area contributed by atoms with E-state index in [9.17, 15) is 0 Å². The van der Waals surface area contributed by atoms with E-state index >= 15 is 0 Å². The summed E-state index contributed by atoms with van der Waals surface area (Å²) in [6.45, 7) is 4.94. The quantitative estimate of drug-likeness (QED) is 0.858. The second-order valence-corrected chi connectivity index (χ2v) is 3.64. The maximum atomic E-state index is 5.68. The van der Waals surface area contributed by atoms with Crippen molar-refractivity contribution in [1.29, 1.82) is 0 Å². The average molecular weight is 293 g/mol. The Balaban J connectivity index is 2.86. The summed E-state index contributed by atoms with van der Waals surface area (Å²) in [6.07, 6.45) is 0. The number of anilines is 1. The van der Waals surface area contributed by atoms with Gasteiger partial charge in [0.25, 0.3) is 0 Å². The molecule has 5 heteroatoms. The number of hydrogen-bond donors (Lipinski definition) is 1. The van der Waals surface area contributed by atoms with Crippen LogP contribution in [0, 0.1) is 10.5 Å². The number of nitrogen functional groups attached to an aromatic ring is 1. The van der Waals surface area contributed by atoms with E-state index < -0.39 is 0 Å². The van der Waals surface area contributed by atoms with Gasteiger partial charge in [-0.3, -0.25) is 0 Å². The molecule has 0 aliphatic carbocycles. The van der Waals surface area contributed by atoms with Gasteiger partial charge in [-0.25, -0.2) is 9.97 Å². The molecular weight excluding hydrogens is 281 g/mol. The Morgan fingerprint density at radius 3 is 2.69 bits per heavy atom. The number of hydrogen-bond acceptors (Lipinski definition) is 4. The van der Waals surface area contributed by atoms with E-state index in [2.05, 4.69) is 32.6 Å². The number of aromatic nitrogens is 2. The predicted octanol–water partition coefficient (Wildman–Crippen LogP) is 1.51. The third-order valence-corrected chi connectivity index (χ3v) is 2.86. The van der Waals surface area contributed by atoms with E-state index in [4.69, 9.17) is 10.5 Å². The van der Waals surface area contributed by atoms with Gasteiger partial charge in [0.2, 0.25) is 0 Å². The van der Waals surface area contributed by atoms with Crippen molar-refractivity contribution in [3.63, 3.8) is 0 Å². The first-order valence-electron chi connectivity index (χ1n) is 4.01. The fraction of sp³-hybridized carbons (Fsp3) is 0.500. The molecule has 13 heavy (non-hydrogen) atoms. The second kappa shape index (κ2) is 4.71. The average Bonchev–Trinajstić information content (AvgIpc) is 2.10. The lowest BCUT2D eigenvalue weighted by Crippen LogP contribution is -2.06. The molecule has 0 saturated heterocycles. The van der Waals surface area contributed by atoms with Crippen LogP contribution in [-0.4, -0.2) is 16.6 Å². The van der Waals surface area contributed by atoms with Crippen LogP contribution in [0.1, 0.15) is 18.4 Å². The number of halogens is 1. The summed E-state index contributed by atoms with van der Waals surface area (Å²) in [7, 11) is 0. The van der Waals surface area contributed by atoms with Crippen LogP contribution in [0.2, 0.25) is 0 Å². The summed E-state index contributed by atoms with van der Waals surface area (Å²) >= 11 is 2.13. The predicted molar refractivity (Wildman–Crippen MR) is 59.2 cm³/mol. The lowest BCUT2D eigenvalue weighted by molar-refractivity contribution is 0.128. The van der Waals surface area contributed by atoms with Gasteiger partial charge in [0, 0.05) is 6.61 Å². The third kappa shape index (κ3) is 2.77. The highest BCUT2D eigenvalue weighted by Crippen LogP contribution is 2.15. The first-order valence-corrected chi connectivity index (χ1v) is 5.09. The van der Waals surface area contributed by atoms with E-state index in [0.717, 1.165) is 9.26 Å². The summed E-state index contributed by atoms with van der Waals surface area (Å²) in [6, 6.07) is 0. The largest absolute Gasteiger partial charge is 0.383 e. The van der Waals surface area contributed by atoms with Crippen molar-refractivity contribution in [2.75, 3.05) is 12.3 Å². The molecule has 0 amide bonds. The lowest BCUT2D eigenvalue weighted by atomic mass is 10.4. The van der Waals surface area contributed by atoms with Gasteiger partial charge >= 0.3 is 0 Å². The van der Waals surface area contributed by atoms with Gasteiger partial charge in [0.15, 0.2) is 5.82 Å². The van der Waals surface area contributed by atoms with Gasteiger partial charge in [0.05, 0.1) is 9.26 Å². The zero-order valence-electron chi connectivity index (χ0n) is 7.67. The molecule has 0 aliphatic heterocycles. The molecule has 0 bridgehead atoms. The zero-order valence-corrected chi connectivity index (χ0v) is 9.83. The number of nitrogens with zero attached hydrogens (tertiary/aromatic N) is 2. The van der Waals surface area contributed by atoms with Crippen LogP contribution in [0.25, 0.3) is 0 Å². The van der Waals surface area contributed by atoms with Crippen molar-refractivity contribution in [2.24, 2.45) is 0 Å². The lowest BCUT2D eigenvalue weighted by Gasteiger charge is -2.05. The third-order valence-electron chi connectivity index (χ3n) is 1.52. The fourth-order valence-corrected chi connectivity index (χ4v) is 1.14. The smallest absolute Gasteiger partial charge is 0.156 e. The minimum Gasteiger partial charge on any atom is -0.383 e. The Morgan fingerprint density at radius 2 is 2.15 bits per heavy atom. The molecule has 0 atom stereocenters. The zero-order chi connectivity index (χ0) is 9.84. The van der Waals surface area contributed by atoms with Crippen LogP contribution in [0.3, 0.4) is 0 Å². The van der Waals surface area contributed by atoms with Crippen LogP contribution >= 0.6 is 22.6 Å². The number of aryl methyl sites for hydroxylation is 1. The molecule has 0 unspecified atom stereocenters. The summed E-state index contributed by atoms with van der Waals surface area (Å²) in [4.78, 5) is 8.35. The molecule has 0 spiro atoms. The second-order valence-electron chi connectivity index (χ2n) is 2.56. The minimum absolute atomic E-state index is 0.429. The molecular formula is C8H12IN3O. The van der Waals surface area contributed by atoms with E-state index in [1.54, 1.807) is 0 Å². The molecule has 0 fully saturated rings. The number of rotatable bonds is 3. The summed E-state index contributed by atoms with van der Waals surface area (Å²) in [5.74, 6) is 1.18. The molecule has 1 rings (SSSR count). The molecule has 4 nitrogen and oxygen atoms in total. The monoisotopic (exact) mass is 293 g/mol. The summed E-state index contributed by atoms with van der Waals surface area (Å²) in [5.41, 5.74) is 6.58. The van der Waals surface area contributed by atoms with Crippen LogP contribution in [0.15, 0.2) is 0 Å². The summed E-state index contributed by atoms with van der Waals surface area (Å²) < 4.78 is 6.10. The molecule has 1 aromatic rings. The Labute approximate surface area is 91.0 Å². The van der Waals surface area contributed by atoms with Gasteiger partial charge in [-0.2, -0.15) is 0 Å². The van der Waals surface area contributed by atoms with Crippen molar-refractivity contribution in [2.45, 2.75) is 20.5 Å². The van der Waals surface area contributed by atoms with Crippen molar-refractivity contribution >= 4 is 28.4 Å². The SMILES string of the molecule is CCOCc1nc(C)c(I)c(N)n1. The van der Waals surface area contributed by atoms with Crippen molar-refractivity contribution < 1.29 is 4.74 Å². The van der Waals surface area contributed by atoms with Crippen LogP contribution in [0.5, 0.6) is 0 Å². The number of nitrogens with two attached hydrogens (primary N) is 1. The molecule has 1 heterocycles. The van der Waals surface area contributed by atoms with Crippen LogP contribution in [-0.2, 0) is 11.3 Å². The van der Waals surface area contributed by atoms with Gasteiger partial charge in [-0.05, 0) is 36.4 Å². The highest BCUT2D eigenvalue weighted by Gasteiger charge is 2.05.